The van der Waals surface area contributed by atoms with E-state index in [-0.39, 0.29) is 0 Å². The Bertz CT molecular complexity index is 491. The molecule has 1 unspecified atom stereocenters. The molecule has 0 aliphatic heterocycles. The van der Waals surface area contributed by atoms with Gasteiger partial charge in [0.1, 0.15) is 5.75 Å². The predicted octanol–water partition coefficient (Wildman–Crippen LogP) is 4.87. The van der Waals surface area contributed by atoms with E-state index in [1.807, 2.05) is 18.2 Å². The minimum atomic E-state index is 0.892. The van der Waals surface area contributed by atoms with E-state index in [1.165, 1.54) is 30.4 Å². The van der Waals surface area contributed by atoms with Gasteiger partial charge in [-0.15, -0.1) is 0 Å². The molecule has 0 amide bonds. The van der Waals surface area contributed by atoms with Gasteiger partial charge in [0.05, 0.1) is 9.47 Å². The SMILES string of the molecule is CCCCc1ccc(-c2ccccc2OP)cc1. The highest BCUT2D eigenvalue weighted by atomic mass is 31.0. The normalized spacial score (nSPS) is 10.3. The average molecular weight is 258 g/mol. The van der Waals surface area contributed by atoms with Crippen LogP contribution >= 0.6 is 9.47 Å². The lowest BCUT2D eigenvalue weighted by Crippen LogP contribution is -1.86. The lowest BCUT2D eigenvalue weighted by atomic mass is 10.0. The van der Waals surface area contributed by atoms with Gasteiger partial charge >= 0.3 is 0 Å². The molecule has 2 heteroatoms. The lowest BCUT2D eigenvalue weighted by molar-refractivity contribution is 0.648. The number of rotatable bonds is 5. The number of unbranched alkanes of at least 4 members (excludes halogenated alkanes) is 1. The molecule has 2 aromatic rings. The Morgan fingerprint density at radius 1 is 1.00 bits per heavy atom. The Kier molecular flexibility index (Phi) is 4.78. The minimum absolute atomic E-state index is 0.892. The van der Waals surface area contributed by atoms with Gasteiger partial charge in [0.2, 0.25) is 0 Å². The van der Waals surface area contributed by atoms with E-state index in [9.17, 15) is 0 Å². The molecule has 2 aromatic carbocycles. The zero-order valence-corrected chi connectivity index (χ0v) is 11.9. The van der Waals surface area contributed by atoms with E-state index in [4.69, 9.17) is 4.52 Å². The largest absolute Gasteiger partial charge is 0.480 e. The fourth-order valence-electron chi connectivity index (χ4n) is 2.04. The van der Waals surface area contributed by atoms with Crippen molar-refractivity contribution in [3.63, 3.8) is 0 Å². The molecule has 0 aromatic heterocycles. The van der Waals surface area contributed by atoms with Gasteiger partial charge in [-0.05, 0) is 30.0 Å². The van der Waals surface area contributed by atoms with Gasteiger partial charge in [-0.2, -0.15) is 0 Å². The fraction of sp³-hybridized carbons (Fsp3) is 0.250. The summed E-state index contributed by atoms with van der Waals surface area (Å²) in [6.45, 7) is 2.22. The molecule has 0 saturated carbocycles. The third-order valence-electron chi connectivity index (χ3n) is 3.10. The molecule has 1 atom stereocenters. The molecular formula is C16H19OP. The zero-order valence-electron chi connectivity index (χ0n) is 10.7. The predicted molar refractivity (Wildman–Crippen MR) is 80.8 cm³/mol. The van der Waals surface area contributed by atoms with Gasteiger partial charge in [0.25, 0.3) is 0 Å². The van der Waals surface area contributed by atoms with Crippen LogP contribution in [0.2, 0.25) is 0 Å². The summed E-state index contributed by atoms with van der Waals surface area (Å²) in [4.78, 5) is 0. The Morgan fingerprint density at radius 2 is 1.72 bits per heavy atom. The van der Waals surface area contributed by atoms with Gasteiger partial charge in [-0.3, -0.25) is 0 Å². The molecule has 0 heterocycles. The topological polar surface area (TPSA) is 9.23 Å². The molecule has 2 rings (SSSR count). The number of hydrogen-bond donors (Lipinski definition) is 0. The van der Waals surface area contributed by atoms with Crippen LogP contribution in [0, 0.1) is 0 Å². The first-order valence-electron chi connectivity index (χ1n) is 6.40. The van der Waals surface area contributed by atoms with Crippen LogP contribution in [0.5, 0.6) is 5.75 Å². The van der Waals surface area contributed by atoms with Gasteiger partial charge in [-0.25, -0.2) is 0 Å². The first-order valence-corrected chi connectivity index (χ1v) is 6.87. The standard InChI is InChI=1S/C16H19OP/c1-2-3-6-13-9-11-14(12-10-13)15-7-4-5-8-16(15)17-18/h4-5,7-12H,2-3,6,18H2,1H3. The van der Waals surface area contributed by atoms with Crippen molar-refractivity contribution in [2.24, 2.45) is 0 Å². The third-order valence-corrected chi connectivity index (χ3v) is 3.35. The molecule has 0 aliphatic rings. The summed E-state index contributed by atoms with van der Waals surface area (Å²) in [5, 5.41) is 0. The molecular weight excluding hydrogens is 239 g/mol. The van der Waals surface area contributed by atoms with Gasteiger partial charge in [0.15, 0.2) is 0 Å². The summed E-state index contributed by atoms with van der Waals surface area (Å²) in [6.07, 6.45) is 3.66. The summed E-state index contributed by atoms with van der Waals surface area (Å²) in [5.74, 6) is 0.892. The maximum atomic E-state index is 5.31. The van der Waals surface area contributed by atoms with Crippen LogP contribution in [0.25, 0.3) is 11.1 Å². The Labute approximate surface area is 111 Å². The molecule has 0 N–H and O–H groups in total. The molecule has 0 saturated heterocycles. The van der Waals surface area contributed by atoms with Gasteiger partial charge in [-0.1, -0.05) is 55.8 Å². The van der Waals surface area contributed by atoms with Crippen LogP contribution in [0.15, 0.2) is 48.5 Å². The maximum Gasteiger partial charge on any atom is 0.130 e. The van der Waals surface area contributed by atoms with Crippen molar-refractivity contribution in [1.29, 1.82) is 0 Å². The summed E-state index contributed by atoms with van der Waals surface area (Å²) < 4.78 is 5.31. The highest BCUT2D eigenvalue weighted by Crippen LogP contribution is 2.31. The summed E-state index contributed by atoms with van der Waals surface area (Å²) in [5.41, 5.74) is 3.74. The van der Waals surface area contributed by atoms with E-state index in [2.05, 4.69) is 46.7 Å². The molecule has 0 radical (unpaired) electrons. The van der Waals surface area contributed by atoms with Crippen molar-refractivity contribution in [3.8, 4) is 16.9 Å². The van der Waals surface area contributed by atoms with Crippen LogP contribution < -0.4 is 4.52 Å². The summed E-state index contributed by atoms with van der Waals surface area (Å²) >= 11 is 0. The van der Waals surface area contributed by atoms with Crippen molar-refractivity contribution in [3.05, 3.63) is 54.1 Å². The monoisotopic (exact) mass is 258 g/mol. The number of para-hydroxylation sites is 1. The van der Waals surface area contributed by atoms with E-state index >= 15 is 0 Å². The van der Waals surface area contributed by atoms with Crippen LogP contribution in [-0.2, 0) is 6.42 Å². The van der Waals surface area contributed by atoms with Crippen molar-refractivity contribution in [1.82, 2.24) is 0 Å². The van der Waals surface area contributed by atoms with Gasteiger partial charge < -0.3 is 4.52 Å². The second kappa shape index (κ2) is 6.56. The Hall–Kier alpha value is -1.33. The first-order chi connectivity index (χ1) is 8.85. The van der Waals surface area contributed by atoms with Gasteiger partial charge in [0, 0.05) is 5.56 Å². The van der Waals surface area contributed by atoms with E-state index in [0.29, 0.717) is 0 Å². The minimum Gasteiger partial charge on any atom is -0.480 e. The summed E-state index contributed by atoms with van der Waals surface area (Å²) in [7, 11) is 2.31. The van der Waals surface area contributed by atoms with Crippen LogP contribution in [0.3, 0.4) is 0 Å². The third kappa shape index (κ3) is 3.11. The number of hydrogen-bond acceptors (Lipinski definition) is 1. The lowest BCUT2D eigenvalue weighted by Gasteiger charge is -2.08. The molecule has 18 heavy (non-hydrogen) atoms. The first kappa shape index (κ1) is 13.1. The highest BCUT2D eigenvalue weighted by molar-refractivity contribution is 7.10. The maximum absolute atomic E-state index is 5.31. The number of benzene rings is 2. The molecule has 94 valence electrons. The summed E-state index contributed by atoms with van der Waals surface area (Å²) in [6, 6.07) is 16.9. The second-order valence-corrected chi connectivity index (χ2v) is 4.65. The smallest absolute Gasteiger partial charge is 0.130 e. The van der Waals surface area contributed by atoms with Crippen LogP contribution in [-0.4, -0.2) is 0 Å². The quantitative estimate of drug-likeness (QED) is 0.695. The molecule has 0 aliphatic carbocycles. The Balaban J connectivity index is 2.23. The fourth-order valence-corrected chi connectivity index (χ4v) is 2.25. The molecule has 0 spiro atoms. The van der Waals surface area contributed by atoms with E-state index in [0.717, 1.165) is 11.3 Å². The van der Waals surface area contributed by atoms with Crippen molar-refractivity contribution in [2.75, 3.05) is 0 Å². The Morgan fingerprint density at radius 3 is 2.39 bits per heavy atom. The second-order valence-electron chi connectivity index (χ2n) is 4.41. The molecule has 0 fully saturated rings. The zero-order chi connectivity index (χ0) is 12.8. The van der Waals surface area contributed by atoms with E-state index in [1.54, 1.807) is 0 Å². The van der Waals surface area contributed by atoms with Crippen LogP contribution in [0.4, 0.5) is 0 Å². The highest BCUT2D eigenvalue weighted by Gasteiger charge is 2.04. The van der Waals surface area contributed by atoms with Crippen molar-refractivity contribution >= 4 is 9.47 Å². The molecule has 1 nitrogen and oxygen atoms in total. The van der Waals surface area contributed by atoms with Crippen molar-refractivity contribution in [2.45, 2.75) is 26.2 Å². The van der Waals surface area contributed by atoms with Crippen molar-refractivity contribution < 1.29 is 4.52 Å². The van der Waals surface area contributed by atoms with E-state index < -0.39 is 0 Å². The number of aryl methyl sites for hydroxylation is 1. The molecule has 0 bridgehead atoms. The average Bonchev–Trinajstić information content (AvgIpc) is 2.45. The van der Waals surface area contributed by atoms with Crippen LogP contribution in [0.1, 0.15) is 25.3 Å².